The summed E-state index contributed by atoms with van der Waals surface area (Å²) in [4.78, 5) is 89.8. The smallest absolute Gasteiger partial charge is 0.379 e. The van der Waals surface area contributed by atoms with Gasteiger partial charge in [-0.25, -0.2) is 9.59 Å². The van der Waals surface area contributed by atoms with Crippen LogP contribution in [0.1, 0.15) is 68.1 Å². The van der Waals surface area contributed by atoms with Crippen LogP contribution in [0.25, 0.3) is 0 Å². The third-order valence-corrected chi connectivity index (χ3v) is 9.80. The summed E-state index contributed by atoms with van der Waals surface area (Å²) in [5.74, 6) is -7.78. The van der Waals surface area contributed by atoms with Crippen LogP contribution < -0.4 is 19.5 Å². The van der Waals surface area contributed by atoms with Crippen LogP contribution in [0.5, 0.6) is 23.0 Å². The summed E-state index contributed by atoms with van der Waals surface area (Å²) >= 11 is 0. The van der Waals surface area contributed by atoms with Crippen LogP contribution in [-0.4, -0.2) is 98.3 Å². The number of rotatable bonds is 14. The first-order valence-corrected chi connectivity index (χ1v) is 18.9. The molecule has 1 amide bonds. The van der Waals surface area contributed by atoms with Gasteiger partial charge < -0.3 is 52.7 Å². The maximum Gasteiger partial charge on any atom is 0.379 e. The fourth-order valence-electron chi connectivity index (χ4n) is 7.64. The van der Waals surface area contributed by atoms with Gasteiger partial charge in [0.15, 0.2) is 17.8 Å². The van der Waals surface area contributed by atoms with Crippen LogP contribution in [0, 0.1) is 0 Å². The van der Waals surface area contributed by atoms with Crippen LogP contribution >= 0.6 is 0 Å². The molecule has 1 spiro atoms. The Morgan fingerprint density at radius 3 is 2.11 bits per heavy atom. The molecule has 3 aliphatic rings. The average molecular weight is 846 g/mol. The van der Waals surface area contributed by atoms with Crippen molar-refractivity contribution in [1.82, 2.24) is 5.32 Å². The number of esters is 6. The Bertz CT molecular complexity index is 2270. The predicted octanol–water partition coefficient (Wildman–Crippen LogP) is 3.72. The average Bonchev–Trinajstić information content (AvgIpc) is 3.49. The van der Waals surface area contributed by atoms with Crippen LogP contribution in [0.4, 0.5) is 0 Å². The molecule has 3 heterocycles. The van der Waals surface area contributed by atoms with Crippen LogP contribution in [0.3, 0.4) is 0 Å². The number of carbonyl (C=O) groups excluding carboxylic acids is 7. The van der Waals surface area contributed by atoms with Gasteiger partial charge in [0.1, 0.15) is 48.4 Å². The van der Waals surface area contributed by atoms with E-state index in [0.29, 0.717) is 28.0 Å². The summed E-state index contributed by atoms with van der Waals surface area (Å²) in [5.41, 5.74) is 0.226. The highest BCUT2D eigenvalue weighted by Gasteiger charge is 2.60. The predicted molar refractivity (Wildman–Crippen MR) is 206 cm³/mol. The summed E-state index contributed by atoms with van der Waals surface area (Å²) in [6.45, 7) is 8.59. The summed E-state index contributed by atoms with van der Waals surface area (Å²) < 4.78 is 58.4. The number of fused-ring (bicyclic) bond motifs is 6. The molecule has 0 radical (unpaired) electrons. The Balaban J connectivity index is 1.50. The zero-order valence-corrected chi connectivity index (χ0v) is 34.0. The molecule has 18 nitrogen and oxygen atoms in total. The van der Waals surface area contributed by atoms with Crippen molar-refractivity contribution in [3.63, 3.8) is 0 Å². The van der Waals surface area contributed by atoms with E-state index >= 15 is 0 Å². The lowest BCUT2D eigenvalue weighted by atomic mass is 9.77. The lowest BCUT2D eigenvalue weighted by Gasteiger charge is -2.48. The Morgan fingerprint density at radius 1 is 0.852 bits per heavy atom. The Labute approximate surface area is 349 Å². The van der Waals surface area contributed by atoms with Crippen LogP contribution in [0.15, 0.2) is 73.3 Å². The second kappa shape index (κ2) is 17.7. The molecule has 0 aromatic heterocycles. The number of amides is 1. The van der Waals surface area contributed by atoms with Gasteiger partial charge in [0, 0.05) is 63.4 Å². The fourth-order valence-corrected chi connectivity index (χ4v) is 7.64. The van der Waals surface area contributed by atoms with Gasteiger partial charge in [0.25, 0.3) is 0 Å². The van der Waals surface area contributed by atoms with Crippen molar-refractivity contribution in [2.75, 3.05) is 20.3 Å². The van der Waals surface area contributed by atoms with Crippen molar-refractivity contribution < 1.29 is 80.9 Å². The van der Waals surface area contributed by atoms with E-state index in [9.17, 15) is 33.6 Å². The molecule has 1 saturated heterocycles. The summed E-state index contributed by atoms with van der Waals surface area (Å²) in [6, 6.07) is 14.9. The van der Waals surface area contributed by atoms with E-state index in [0.717, 1.165) is 41.7 Å². The molecular formula is C43H43NO17. The van der Waals surface area contributed by atoms with E-state index in [4.69, 9.17) is 47.4 Å². The van der Waals surface area contributed by atoms with Crippen LogP contribution in [-0.2, 0) is 67.5 Å². The standard InChI is InChI=1S/C43H43NO17/c1-8-17-53-27-13-15-31-33(18-27)58-34-19-28(14-16-32(34)43(31)30-12-10-9-11-29(30)40(50)61-43)59-42(41(51)52-7)20-35(55-24(4)47)37(44-22(2)45)39(60-42)38(57-26(6)49)36(56-25(5)48)21-54-23(3)46/h8-16,18-19,35-39H,1,17,20-21H2,2-7H3,(H,44,45)/t35?,36-,37?,38-,39?,42?,43?/m1/s1. The Kier molecular flexibility index (Phi) is 12.7. The molecule has 61 heavy (non-hydrogen) atoms. The molecule has 0 saturated carbocycles. The zero-order valence-electron chi connectivity index (χ0n) is 34.0. The summed E-state index contributed by atoms with van der Waals surface area (Å²) in [6.07, 6.45) is -5.66. The van der Waals surface area contributed by atoms with E-state index in [1.807, 2.05) is 0 Å². The molecule has 7 atom stereocenters. The number of benzene rings is 3. The topological polar surface area (TPSA) is 224 Å². The first-order chi connectivity index (χ1) is 29.0. The van der Waals surface area contributed by atoms with Crippen molar-refractivity contribution in [2.24, 2.45) is 0 Å². The quantitative estimate of drug-likeness (QED) is 0.139. The first kappa shape index (κ1) is 43.6. The van der Waals surface area contributed by atoms with Crippen molar-refractivity contribution in [3.8, 4) is 23.0 Å². The SMILES string of the molecule is C=CCOc1ccc2c(c1)Oc1cc(OC3(C(=O)OC)CC(OC(C)=O)C(NC(C)=O)C([C@H](OC(C)=O)[C@@H](COC(C)=O)OC(C)=O)O3)ccc1C21OC(=O)c2ccccc21. The van der Waals surface area contributed by atoms with Gasteiger partial charge in [-0.3, -0.25) is 24.0 Å². The molecule has 3 aliphatic heterocycles. The molecule has 1 N–H and O–H groups in total. The minimum Gasteiger partial charge on any atom is -0.489 e. The van der Waals surface area contributed by atoms with Gasteiger partial charge in [-0.1, -0.05) is 30.9 Å². The minimum absolute atomic E-state index is 0.0989. The molecule has 3 aromatic rings. The van der Waals surface area contributed by atoms with Gasteiger partial charge in [-0.15, -0.1) is 0 Å². The summed E-state index contributed by atoms with van der Waals surface area (Å²) in [5, 5.41) is 2.61. The van der Waals surface area contributed by atoms with Crippen molar-refractivity contribution in [1.29, 1.82) is 0 Å². The zero-order chi connectivity index (χ0) is 44.2. The van der Waals surface area contributed by atoms with Crippen molar-refractivity contribution in [3.05, 3.63) is 95.6 Å². The third-order valence-electron chi connectivity index (χ3n) is 9.80. The largest absolute Gasteiger partial charge is 0.489 e. The molecule has 0 aliphatic carbocycles. The lowest BCUT2D eigenvalue weighted by molar-refractivity contribution is -0.289. The second-order valence-electron chi connectivity index (χ2n) is 14.2. The number of ether oxygens (including phenoxy) is 10. The molecular weight excluding hydrogens is 802 g/mol. The monoisotopic (exact) mass is 845 g/mol. The maximum absolute atomic E-state index is 14.1. The van der Waals surface area contributed by atoms with Gasteiger partial charge in [0.2, 0.25) is 5.91 Å². The number of nitrogens with one attached hydrogen (secondary N) is 1. The number of hydrogen-bond acceptors (Lipinski definition) is 17. The maximum atomic E-state index is 14.1. The lowest BCUT2D eigenvalue weighted by Crippen LogP contribution is -2.70. The summed E-state index contributed by atoms with van der Waals surface area (Å²) in [7, 11) is 1.03. The highest BCUT2D eigenvalue weighted by molar-refractivity contribution is 5.97. The molecule has 5 unspecified atom stereocenters. The third kappa shape index (κ3) is 8.84. The first-order valence-electron chi connectivity index (χ1n) is 18.9. The van der Waals surface area contributed by atoms with Crippen molar-refractivity contribution >= 4 is 41.7 Å². The van der Waals surface area contributed by atoms with Gasteiger partial charge in [-0.05, 0) is 30.3 Å². The van der Waals surface area contributed by atoms with E-state index < -0.39 is 96.6 Å². The van der Waals surface area contributed by atoms with Crippen LogP contribution in [0.2, 0.25) is 0 Å². The normalized spacial score (nSPS) is 22.9. The molecule has 6 rings (SSSR count). The number of carbonyl (C=O) groups is 7. The van der Waals surface area contributed by atoms with E-state index in [2.05, 4.69) is 11.9 Å². The Hall–Kier alpha value is -6.95. The van der Waals surface area contributed by atoms with Gasteiger partial charge in [-0.2, -0.15) is 0 Å². The van der Waals surface area contributed by atoms with Gasteiger partial charge >= 0.3 is 41.6 Å². The number of hydrogen-bond donors (Lipinski definition) is 1. The number of methoxy groups -OCH3 is 1. The van der Waals surface area contributed by atoms with E-state index in [1.54, 1.807) is 54.6 Å². The van der Waals surface area contributed by atoms with E-state index in [1.165, 1.54) is 12.1 Å². The highest BCUT2D eigenvalue weighted by atomic mass is 16.7. The molecule has 0 bridgehead atoms. The molecule has 18 heteroatoms. The fraction of sp³-hybridized carbons (Fsp3) is 0.372. The molecule has 1 fully saturated rings. The van der Waals surface area contributed by atoms with E-state index in [-0.39, 0.29) is 23.9 Å². The molecule has 322 valence electrons. The minimum atomic E-state index is -2.58. The highest BCUT2D eigenvalue weighted by Crippen LogP contribution is 2.57. The molecule has 3 aromatic carbocycles. The van der Waals surface area contributed by atoms with Gasteiger partial charge in [0.05, 0.1) is 25.1 Å². The van der Waals surface area contributed by atoms with Crippen molar-refractivity contribution in [2.45, 2.75) is 82.9 Å². The second-order valence-corrected chi connectivity index (χ2v) is 14.2. The Morgan fingerprint density at radius 2 is 1.51 bits per heavy atom.